The highest BCUT2D eigenvalue weighted by molar-refractivity contribution is 14.1. The van der Waals surface area contributed by atoms with E-state index in [0.717, 1.165) is 14.5 Å². The van der Waals surface area contributed by atoms with Gasteiger partial charge >= 0.3 is 5.97 Å². The molecule has 0 saturated heterocycles. The Morgan fingerprint density at radius 2 is 1.83 bits per heavy atom. The summed E-state index contributed by atoms with van der Waals surface area (Å²) in [5, 5.41) is 3.54. The van der Waals surface area contributed by atoms with Crippen molar-refractivity contribution in [2.45, 2.75) is 0 Å². The highest BCUT2D eigenvalue weighted by Crippen LogP contribution is 2.21. The third-order valence-electron chi connectivity index (χ3n) is 3.60. The van der Waals surface area contributed by atoms with Crippen LogP contribution in [-0.4, -0.2) is 23.1 Å². The number of esters is 1. The van der Waals surface area contributed by atoms with E-state index in [1.807, 2.05) is 54.1 Å². The molecule has 0 aliphatic heterocycles. The van der Waals surface area contributed by atoms with Crippen LogP contribution in [0.4, 0.5) is 5.69 Å². The maximum absolute atomic E-state index is 12.3. The Labute approximate surface area is 152 Å². The smallest absolute Gasteiger partial charge is 0.340 e. The van der Waals surface area contributed by atoms with E-state index in [2.05, 4.69) is 27.9 Å². The van der Waals surface area contributed by atoms with Gasteiger partial charge in [-0.05, 0) is 40.8 Å². The zero-order chi connectivity index (χ0) is 17.1. The second-order valence-corrected chi connectivity index (χ2v) is 6.44. The topological polar surface area (TPSA) is 60.3 Å². The van der Waals surface area contributed by atoms with Crippen LogP contribution in [0.3, 0.4) is 0 Å². The maximum atomic E-state index is 12.3. The summed E-state index contributed by atoms with van der Waals surface area (Å²) in [7, 11) is 1.86. The van der Waals surface area contributed by atoms with E-state index in [1.165, 1.54) is 0 Å². The monoisotopic (exact) mass is 434 g/mol. The molecule has 24 heavy (non-hydrogen) atoms. The van der Waals surface area contributed by atoms with Crippen molar-refractivity contribution < 1.29 is 14.3 Å². The van der Waals surface area contributed by atoms with Crippen LogP contribution in [0.5, 0.6) is 0 Å². The number of fused-ring (bicyclic) bond motifs is 1. The fourth-order valence-electron chi connectivity index (χ4n) is 2.46. The molecule has 3 rings (SSSR count). The first kappa shape index (κ1) is 16.5. The number of rotatable bonds is 4. The zero-order valence-electron chi connectivity index (χ0n) is 13.0. The third-order valence-corrected chi connectivity index (χ3v) is 4.54. The number of benzene rings is 2. The number of nitrogens with zero attached hydrogens (tertiary/aromatic N) is 1. The lowest BCUT2D eigenvalue weighted by Gasteiger charge is -2.07. The van der Waals surface area contributed by atoms with Crippen molar-refractivity contribution in [2.24, 2.45) is 7.05 Å². The summed E-state index contributed by atoms with van der Waals surface area (Å²) >= 11 is 2.13. The number of hydrogen-bond acceptors (Lipinski definition) is 3. The Balaban J connectivity index is 1.67. The van der Waals surface area contributed by atoms with Crippen LogP contribution in [0.15, 0.2) is 54.7 Å². The molecule has 3 aromatic rings. The fourth-order valence-corrected chi connectivity index (χ4v) is 2.98. The lowest BCUT2D eigenvalue weighted by Crippen LogP contribution is -2.21. The van der Waals surface area contributed by atoms with E-state index >= 15 is 0 Å². The molecule has 0 bridgehead atoms. The van der Waals surface area contributed by atoms with Crippen LogP contribution < -0.4 is 5.32 Å². The van der Waals surface area contributed by atoms with Gasteiger partial charge in [0.05, 0.1) is 11.3 Å². The standard InChI is InChI=1S/C18H15IN2O3/c1-21-10-13(12-6-2-5-9-16(12)21)18(23)24-11-17(22)20-15-8-4-3-7-14(15)19/h2-10H,11H2,1H3,(H,20,22). The molecule has 5 nitrogen and oxygen atoms in total. The normalized spacial score (nSPS) is 10.6. The lowest BCUT2D eigenvalue weighted by molar-refractivity contribution is -0.119. The maximum Gasteiger partial charge on any atom is 0.340 e. The van der Waals surface area contributed by atoms with Gasteiger partial charge in [-0.25, -0.2) is 4.79 Å². The predicted octanol–water partition coefficient (Wildman–Crippen LogP) is 3.58. The molecule has 0 aliphatic rings. The molecule has 0 fully saturated rings. The first-order valence-electron chi connectivity index (χ1n) is 7.32. The first-order valence-corrected chi connectivity index (χ1v) is 8.39. The van der Waals surface area contributed by atoms with Crippen molar-refractivity contribution in [3.63, 3.8) is 0 Å². The molecule has 0 unspecified atom stereocenters. The number of aromatic nitrogens is 1. The number of para-hydroxylation sites is 2. The van der Waals surface area contributed by atoms with E-state index in [4.69, 9.17) is 4.74 Å². The summed E-state index contributed by atoms with van der Waals surface area (Å²) in [6, 6.07) is 15.0. The number of halogens is 1. The quantitative estimate of drug-likeness (QED) is 0.505. The second-order valence-electron chi connectivity index (χ2n) is 5.27. The Morgan fingerprint density at radius 1 is 1.12 bits per heavy atom. The second kappa shape index (κ2) is 7.04. The molecule has 122 valence electrons. The molecule has 0 spiro atoms. The number of carbonyl (C=O) groups excluding carboxylic acids is 2. The lowest BCUT2D eigenvalue weighted by atomic mass is 10.2. The van der Waals surface area contributed by atoms with Gasteiger partial charge < -0.3 is 14.6 Å². The van der Waals surface area contributed by atoms with Crippen LogP contribution in [-0.2, 0) is 16.6 Å². The summed E-state index contributed by atoms with van der Waals surface area (Å²) in [6.45, 7) is -0.326. The average Bonchev–Trinajstić information content (AvgIpc) is 2.92. The number of amides is 1. The number of carbonyl (C=O) groups is 2. The van der Waals surface area contributed by atoms with Crippen molar-refractivity contribution in [2.75, 3.05) is 11.9 Å². The highest BCUT2D eigenvalue weighted by Gasteiger charge is 2.16. The van der Waals surface area contributed by atoms with Gasteiger partial charge in [0.15, 0.2) is 6.61 Å². The molecule has 2 aromatic carbocycles. The summed E-state index contributed by atoms with van der Waals surface area (Å²) < 4.78 is 7.94. The molecule has 0 radical (unpaired) electrons. The Kier molecular flexibility index (Phi) is 4.84. The van der Waals surface area contributed by atoms with Gasteiger partial charge in [0.2, 0.25) is 0 Å². The summed E-state index contributed by atoms with van der Waals surface area (Å²) in [5.74, 6) is -0.877. The molecule has 0 saturated carbocycles. The number of aryl methyl sites for hydroxylation is 1. The van der Waals surface area contributed by atoms with Crippen molar-refractivity contribution in [3.05, 3.63) is 63.9 Å². The van der Waals surface area contributed by atoms with Gasteiger partial charge in [0.25, 0.3) is 5.91 Å². The van der Waals surface area contributed by atoms with Gasteiger partial charge in [0.1, 0.15) is 0 Å². The van der Waals surface area contributed by atoms with Gasteiger partial charge in [0, 0.05) is 27.7 Å². The van der Waals surface area contributed by atoms with Crippen molar-refractivity contribution in [3.8, 4) is 0 Å². The van der Waals surface area contributed by atoms with E-state index in [1.54, 1.807) is 12.3 Å². The summed E-state index contributed by atoms with van der Waals surface area (Å²) in [6.07, 6.45) is 1.71. The molecular formula is C18H15IN2O3. The molecule has 1 amide bonds. The third kappa shape index (κ3) is 3.43. The predicted molar refractivity (Wildman–Crippen MR) is 101 cm³/mol. The average molecular weight is 434 g/mol. The minimum Gasteiger partial charge on any atom is -0.452 e. The van der Waals surface area contributed by atoms with Crippen molar-refractivity contribution >= 4 is 51.1 Å². The Bertz CT molecular complexity index is 918. The zero-order valence-corrected chi connectivity index (χ0v) is 15.1. The highest BCUT2D eigenvalue weighted by atomic mass is 127. The van der Waals surface area contributed by atoms with Crippen LogP contribution in [0.25, 0.3) is 10.9 Å². The van der Waals surface area contributed by atoms with E-state index in [0.29, 0.717) is 11.3 Å². The Morgan fingerprint density at radius 3 is 2.62 bits per heavy atom. The van der Waals surface area contributed by atoms with Crippen LogP contribution in [0.2, 0.25) is 0 Å². The molecule has 1 N–H and O–H groups in total. The summed E-state index contributed by atoms with van der Waals surface area (Å²) in [5.41, 5.74) is 2.09. The first-order chi connectivity index (χ1) is 11.6. The molecule has 1 aromatic heterocycles. The van der Waals surface area contributed by atoms with Crippen molar-refractivity contribution in [1.82, 2.24) is 4.57 Å². The van der Waals surface area contributed by atoms with Crippen molar-refractivity contribution in [1.29, 1.82) is 0 Å². The van der Waals surface area contributed by atoms with Crippen LogP contribution >= 0.6 is 22.6 Å². The van der Waals surface area contributed by atoms with Crippen LogP contribution in [0, 0.1) is 3.57 Å². The van der Waals surface area contributed by atoms with E-state index in [-0.39, 0.29) is 12.5 Å². The van der Waals surface area contributed by atoms with Gasteiger partial charge in [-0.15, -0.1) is 0 Å². The minimum atomic E-state index is -0.510. The number of anilines is 1. The molecular weight excluding hydrogens is 419 g/mol. The number of ether oxygens (including phenoxy) is 1. The van der Waals surface area contributed by atoms with Gasteiger partial charge in [-0.3, -0.25) is 4.79 Å². The Hall–Kier alpha value is -2.35. The SMILES string of the molecule is Cn1cc(C(=O)OCC(=O)Nc2ccccc2I)c2ccccc21. The van der Waals surface area contributed by atoms with Gasteiger partial charge in [-0.1, -0.05) is 30.3 Å². The molecule has 1 heterocycles. The number of hydrogen-bond donors (Lipinski definition) is 1. The molecule has 0 aliphatic carbocycles. The van der Waals surface area contributed by atoms with E-state index < -0.39 is 5.97 Å². The molecule has 6 heteroatoms. The molecule has 0 atom stereocenters. The summed E-state index contributed by atoms with van der Waals surface area (Å²) in [4.78, 5) is 24.3. The largest absolute Gasteiger partial charge is 0.452 e. The van der Waals surface area contributed by atoms with Crippen LogP contribution in [0.1, 0.15) is 10.4 Å². The minimum absolute atomic E-state index is 0.326. The van der Waals surface area contributed by atoms with Gasteiger partial charge in [-0.2, -0.15) is 0 Å². The number of nitrogens with one attached hydrogen (secondary N) is 1. The fraction of sp³-hybridized carbons (Fsp3) is 0.111. The van der Waals surface area contributed by atoms with E-state index in [9.17, 15) is 9.59 Å².